The van der Waals surface area contributed by atoms with Gasteiger partial charge in [0, 0.05) is 13.1 Å². The fraction of sp³-hybridized carbons (Fsp3) is 0.233. The lowest BCUT2D eigenvalue weighted by Gasteiger charge is -2.36. The molecule has 0 amide bonds. The van der Waals surface area contributed by atoms with Crippen LogP contribution in [0.2, 0.25) is 5.02 Å². The highest BCUT2D eigenvalue weighted by Crippen LogP contribution is 2.36. The highest BCUT2D eigenvalue weighted by Gasteiger charge is 2.36. The molecule has 1 aliphatic rings. The van der Waals surface area contributed by atoms with Crippen molar-refractivity contribution in [2.75, 3.05) is 26.2 Å². The Balaban J connectivity index is 1.79. The molecule has 0 bridgehead atoms. The van der Waals surface area contributed by atoms with Gasteiger partial charge in [-0.3, -0.25) is 4.90 Å². The first-order valence-corrected chi connectivity index (χ1v) is 12.7. The van der Waals surface area contributed by atoms with Crippen LogP contribution < -0.4 is 14.4 Å². The molecule has 0 fully saturated rings. The largest absolute Gasteiger partial charge is 0.497 e. The summed E-state index contributed by atoms with van der Waals surface area (Å²) in [4.78, 5) is 21.1. The van der Waals surface area contributed by atoms with Gasteiger partial charge in [0.05, 0.1) is 50.0 Å². The molecule has 0 spiro atoms. The van der Waals surface area contributed by atoms with E-state index in [0.717, 1.165) is 22.6 Å². The maximum Gasteiger partial charge on any atom is 0.342 e. The van der Waals surface area contributed by atoms with Crippen molar-refractivity contribution >= 4 is 29.6 Å². The molecule has 10 heteroatoms. The number of nitriles is 1. The molecule has 1 heterocycles. The van der Waals surface area contributed by atoms with Crippen LogP contribution in [0, 0.1) is 18.3 Å². The summed E-state index contributed by atoms with van der Waals surface area (Å²) in [6, 6.07) is 20.3. The average Bonchev–Trinajstić information content (AvgIpc) is 2.97. The molecule has 40 heavy (non-hydrogen) atoms. The summed E-state index contributed by atoms with van der Waals surface area (Å²) in [6.07, 6.45) is -0.0276. The number of aryl methyl sites for hydroxylation is 1. The number of carbonyl (C=O) groups is 1. The number of nitrogens with zero attached hydrogens (tertiary/aromatic N) is 4. The van der Waals surface area contributed by atoms with Gasteiger partial charge in [0.2, 0.25) is 0 Å². The minimum absolute atomic E-state index is 0.0492. The van der Waals surface area contributed by atoms with Gasteiger partial charge >= 0.3 is 5.97 Å². The van der Waals surface area contributed by atoms with Crippen LogP contribution in [0.1, 0.15) is 22.3 Å². The monoisotopic (exact) mass is 560 g/mol. The van der Waals surface area contributed by atoms with Crippen molar-refractivity contribution in [2.45, 2.75) is 26.2 Å². The predicted molar refractivity (Wildman–Crippen MR) is 152 cm³/mol. The average molecular weight is 561 g/mol. The topological polar surface area (TPSA) is 108 Å². The molecular weight excluding hydrogens is 532 g/mol. The number of carbonyl (C=O) groups excluding carboxylic acids is 1. The number of benzene rings is 3. The molecule has 0 aliphatic carbocycles. The smallest absolute Gasteiger partial charge is 0.342 e. The number of esters is 1. The maximum atomic E-state index is 13.1. The Hall–Kier alpha value is -4.52. The van der Waals surface area contributed by atoms with Gasteiger partial charge in [-0.2, -0.15) is 5.26 Å². The molecule has 0 radical (unpaired) electrons. The van der Waals surface area contributed by atoms with Gasteiger partial charge in [0.1, 0.15) is 22.9 Å². The second kappa shape index (κ2) is 12.6. The van der Waals surface area contributed by atoms with Crippen molar-refractivity contribution in [3.05, 3.63) is 99.3 Å². The number of methoxy groups -OCH3 is 3. The van der Waals surface area contributed by atoms with Crippen LogP contribution in [-0.4, -0.2) is 49.9 Å². The number of anilines is 1. The first kappa shape index (κ1) is 28.5. The fourth-order valence-electron chi connectivity index (χ4n) is 4.48. The van der Waals surface area contributed by atoms with Crippen molar-refractivity contribution in [1.82, 2.24) is 4.90 Å². The van der Waals surface area contributed by atoms with E-state index in [1.54, 1.807) is 27.2 Å². The van der Waals surface area contributed by atoms with E-state index < -0.39 is 12.2 Å². The van der Waals surface area contributed by atoms with Crippen LogP contribution in [0.3, 0.4) is 0 Å². The van der Waals surface area contributed by atoms with Crippen LogP contribution in [0.5, 0.6) is 11.5 Å². The zero-order chi connectivity index (χ0) is 28.8. The van der Waals surface area contributed by atoms with Crippen molar-refractivity contribution < 1.29 is 24.1 Å². The summed E-state index contributed by atoms with van der Waals surface area (Å²) < 4.78 is 15.7. The molecule has 206 valence electrons. The van der Waals surface area contributed by atoms with E-state index in [-0.39, 0.29) is 16.4 Å². The van der Waals surface area contributed by atoms with Gasteiger partial charge < -0.3 is 24.2 Å². The van der Waals surface area contributed by atoms with Crippen LogP contribution in [0.15, 0.2) is 77.1 Å². The minimum Gasteiger partial charge on any atom is -0.497 e. The number of rotatable bonds is 9. The van der Waals surface area contributed by atoms with E-state index in [4.69, 9.17) is 25.8 Å². The minimum atomic E-state index is -1.46. The van der Waals surface area contributed by atoms with Crippen LogP contribution in [0.4, 0.5) is 5.69 Å². The summed E-state index contributed by atoms with van der Waals surface area (Å²) in [5.74, 6) is 0.957. The van der Waals surface area contributed by atoms with Gasteiger partial charge in [0.15, 0.2) is 6.23 Å². The second-order valence-electron chi connectivity index (χ2n) is 9.04. The number of ether oxygens (including phenoxy) is 3. The summed E-state index contributed by atoms with van der Waals surface area (Å²) in [5.41, 5.74) is 3.26. The van der Waals surface area contributed by atoms with E-state index in [9.17, 15) is 15.2 Å². The lowest BCUT2D eigenvalue weighted by Crippen LogP contribution is -2.44. The maximum absolute atomic E-state index is 13.1. The lowest BCUT2D eigenvalue weighted by atomic mass is 10.1. The molecule has 1 N–H and O–H groups in total. The van der Waals surface area contributed by atoms with E-state index in [1.165, 1.54) is 24.4 Å². The fourth-order valence-corrected chi connectivity index (χ4v) is 4.84. The van der Waals surface area contributed by atoms with Gasteiger partial charge in [-0.25, -0.2) is 9.79 Å². The molecule has 0 saturated heterocycles. The summed E-state index contributed by atoms with van der Waals surface area (Å²) in [7, 11) is 4.45. The van der Waals surface area contributed by atoms with E-state index in [0.29, 0.717) is 29.9 Å². The molecule has 0 aromatic heterocycles. The van der Waals surface area contributed by atoms with E-state index >= 15 is 0 Å². The molecule has 1 atom stereocenters. The van der Waals surface area contributed by atoms with E-state index in [2.05, 4.69) is 11.1 Å². The van der Waals surface area contributed by atoms with Crippen molar-refractivity contribution in [2.24, 2.45) is 4.99 Å². The first-order valence-electron chi connectivity index (χ1n) is 12.3. The number of halogens is 1. The molecule has 4 rings (SSSR count). The number of hydrogen-bond donors (Lipinski definition) is 1. The Labute approximate surface area is 238 Å². The quantitative estimate of drug-likeness (QED) is 0.372. The standard InChI is InChI=1S/C30H29ClN4O5/c1-19-13-22(15-32)14-25(31)27(19)35-18-33-28(26(29(35)36)30(37)40-4)34(16-20-5-9-23(38-2)10-6-20)17-21-7-11-24(39-3)12-8-21/h5-14,18,29,36H,16-17H2,1-4H3. The summed E-state index contributed by atoms with van der Waals surface area (Å²) in [5, 5.41) is 21.1. The number of hydrogen-bond acceptors (Lipinski definition) is 9. The Bertz CT molecular complexity index is 1410. The third-order valence-electron chi connectivity index (χ3n) is 6.48. The number of aliphatic imine (C=N–C) groups is 1. The highest BCUT2D eigenvalue weighted by atomic mass is 35.5. The zero-order valence-corrected chi connectivity index (χ0v) is 23.3. The Morgan fingerprint density at radius 2 is 1.57 bits per heavy atom. The normalized spacial score (nSPS) is 14.5. The van der Waals surface area contributed by atoms with Crippen LogP contribution in [-0.2, 0) is 22.6 Å². The van der Waals surface area contributed by atoms with Gasteiger partial charge in [0.25, 0.3) is 0 Å². The third kappa shape index (κ3) is 6.04. The molecule has 0 saturated carbocycles. The Morgan fingerprint density at radius 3 is 2.02 bits per heavy atom. The molecular formula is C30H29ClN4O5. The van der Waals surface area contributed by atoms with Gasteiger partial charge in [-0.1, -0.05) is 35.9 Å². The lowest BCUT2D eigenvalue weighted by molar-refractivity contribution is -0.137. The molecule has 9 nitrogen and oxygen atoms in total. The zero-order valence-electron chi connectivity index (χ0n) is 22.6. The Kier molecular flexibility index (Phi) is 8.94. The predicted octanol–water partition coefficient (Wildman–Crippen LogP) is 4.79. The number of aliphatic hydroxyl groups excluding tert-OH is 1. The van der Waals surface area contributed by atoms with Crippen molar-refractivity contribution in [3.8, 4) is 17.6 Å². The van der Waals surface area contributed by atoms with Gasteiger partial charge in [-0.15, -0.1) is 0 Å². The summed E-state index contributed by atoms with van der Waals surface area (Å²) in [6.45, 7) is 2.50. The van der Waals surface area contributed by atoms with Gasteiger partial charge in [-0.05, 0) is 60.0 Å². The molecule has 3 aromatic rings. The van der Waals surface area contributed by atoms with Crippen molar-refractivity contribution in [1.29, 1.82) is 5.26 Å². The first-order chi connectivity index (χ1) is 19.3. The van der Waals surface area contributed by atoms with Crippen molar-refractivity contribution in [3.63, 3.8) is 0 Å². The highest BCUT2D eigenvalue weighted by molar-refractivity contribution is 6.34. The third-order valence-corrected chi connectivity index (χ3v) is 6.77. The van der Waals surface area contributed by atoms with E-state index in [1.807, 2.05) is 53.4 Å². The SMILES string of the molecule is COC(=O)C1=C(N(Cc2ccc(OC)cc2)Cc2ccc(OC)cc2)N=CN(c2c(C)cc(C#N)cc2Cl)C1O. The molecule has 3 aromatic carbocycles. The second-order valence-corrected chi connectivity index (χ2v) is 9.45. The molecule has 1 unspecified atom stereocenters. The summed E-state index contributed by atoms with van der Waals surface area (Å²) >= 11 is 6.51. The Morgan fingerprint density at radius 1 is 1.02 bits per heavy atom. The van der Waals surface area contributed by atoms with Crippen LogP contribution >= 0.6 is 11.6 Å². The molecule has 1 aliphatic heterocycles. The van der Waals surface area contributed by atoms with Crippen LogP contribution in [0.25, 0.3) is 0 Å². The number of aliphatic hydroxyl groups is 1.